The van der Waals surface area contributed by atoms with Crippen LogP contribution < -0.4 is 0 Å². The maximum atomic E-state index is 10.5. The molecule has 0 aromatic carbocycles. The molecule has 0 aliphatic heterocycles. The molecule has 1 saturated carbocycles. The van der Waals surface area contributed by atoms with E-state index in [0.717, 1.165) is 24.2 Å². The van der Waals surface area contributed by atoms with Crippen molar-refractivity contribution in [2.75, 3.05) is 0 Å². The van der Waals surface area contributed by atoms with Crippen molar-refractivity contribution >= 4 is 6.29 Å². The number of carbonyl (C=O) groups excluding carboxylic acids is 1. The van der Waals surface area contributed by atoms with Gasteiger partial charge in [0.25, 0.3) is 0 Å². The van der Waals surface area contributed by atoms with Crippen LogP contribution in [0.3, 0.4) is 0 Å². The molecule has 2 atom stereocenters. The summed E-state index contributed by atoms with van der Waals surface area (Å²) >= 11 is 0. The minimum atomic E-state index is 0.479. The monoisotopic (exact) mass is 150 g/mol. The Morgan fingerprint density at radius 2 is 2.36 bits per heavy atom. The summed E-state index contributed by atoms with van der Waals surface area (Å²) in [5.74, 6) is 1.46. The van der Waals surface area contributed by atoms with Crippen LogP contribution in [0.5, 0.6) is 0 Å². The highest BCUT2D eigenvalue weighted by atomic mass is 16.1. The Balaban J connectivity index is 2.25. The van der Waals surface area contributed by atoms with E-state index in [1.54, 1.807) is 0 Å². The van der Waals surface area contributed by atoms with E-state index in [1.807, 2.05) is 0 Å². The molecular weight excluding hydrogens is 136 g/mol. The predicted molar refractivity (Wildman–Crippen MR) is 44.1 cm³/mol. The molecule has 11 heavy (non-hydrogen) atoms. The summed E-state index contributed by atoms with van der Waals surface area (Å²) in [4.78, 5) is 10.5. The molecule has 60 valence electrons. The van der Waals surface area contributed by atoms with E-state index in [9.17, 15) is 4.79 Å². The first-order valence-corrected chi connectivity index (χ1v) is 4.30. The fraction of sp³-hybridized carbons (Fsp3) is 0.700. The van der Waals surface area contributed by atoms with Crippen molar-refractivity contribution in [1.29, 1.82) is 0 Å². The lowest BCUT2D eigenvalue weighted by molar-refractivity contribution is -0.106. The maximum Gasteiger partial charge on any atom is 0.145 e. The molecule has 0 N–H and O–H groups in total. The van der Waals surface area contributed by atoms with Gasteiger partial charge >= 0.3 is 0 Å². The summed E-state index contributed by atoms with van der Waals surface area (Å²) < 4.78 is 0. The number of allylic oxidation sites excluding steroid dienone is 2. The van der Waals surface area contributed by atoms with Gasteiger partial charge in [-0.2, -0.15) is 0 Å². The van der Waals surface area contributed by atoms with Crippen molar-refractivity contribution in [3.05, 3.63) is 11.6 Å². The molecule has 0 amide bonds. The smallest absolute Gasteiger partial charge is 0.145 e. The van der Waals surface area contributed by atoms with Crippen molar-refractivity contribution in [1.82, 2.24) is 0 Å². The topological polar surface area (TPSA) is 17.1 Å². The van der Waals surface area contributed by atoms with Crippen LogP contribution >= 0.6 is 0 Å². The van der Waals surface area contributed by atoms with Gasteiger partial charge in [-0.05, 0) is 35.7 Å². The zero-order valence-electron chi connectivity index (χ0n) is 7.13. The lowest BCUT2D eigenvalue weighted by Gasteiger charge is -2.54. The highest BCUT2D eigenvalue weighted by Crippen LogP contribution is 2.57. The van der Waals surface area contributed by atoms with Gasteiger partial charge in [0, 0.05) is 0 Å². The number of carbonyl (C=O) groups is 1. The highest BCUT2D eigenvalue weighted by Gasteiger charge is 2.49. The fourth-order valence-electron chi connectivity index (χ4n) is 2.38. The molecule has 0 aromatic heterocycles. The maximum absolute atomic E-state index is 10.5. The molecule has 0 unspecified atom stereocenters. The molecule has 0 spiro atoms. The Kier molecular flexibility index (Phi) is 1.26. The molecule has 2 bridgehead atoms. The zero-order chi connectivity index (χ0) is 8.06. The molecule has 1 nitrogen and oxygen atoms in total. The van der Waals surface area contributed by atoms with Crippen molar-refractivity contribution in [3.8, 4) is 0 Å². The van der Waals surface area contributed by atoms with E-state index in [2.05, 4.69) is 19.9 Å². The molecule has 1 fully saturated rings. The van der Waals surface area contributed by atoms with Crippen LogP contribution in [0.2, 0.25) is 0 Å². The van der Waals surface area contributed by atoms with Gasteiger partial charge in [-0.1, -0.05) is 19.9 Å². The lowest BCUT2D eigenvalue weighted by Crippen LogP contribution is -2.46. The van der Waals surface area contributed by atoms with Gasteiger partial charge in [0.2, 0.25) is 0 Å². The number of fused-ring (bicyclic) bond motifs is 1. The molecule has 3 aliphatic carbocycles. The third-order valence-corrected chi connectivity index (χ3v) is 3.60. The molecule has 0 saturated heterocycles. The quantitative estimate of drug-likeness (QED) is 0.523. The summed E-state index contributed by atoms with van der Waals surface area (Å²) in [6.45, 7) is 4.62. The summed E-state index contributed by atoms with van der Waals surface area (Å²) in [5.41, 5.74) is 1.51. The fourth-order valence-corrected chi connectivity index (χ4v) is 2.38. The van der Waals surface area contributed by atoms with Crippen molar-refractivity contribution in [2.45, 2.75) is 26.7 Å². The van der Waals surface area contributed by atoms with Gasteiger partial charge in [-0.15, -0.1) is 0 Å². The first kappa shape index (κ1) is 7.08. The van der Waals surface area contributed by atoms with Crippen molar-refractivity contribution < 1.29 is 4.79 Å². The van der Waals surface area contributed by atoms with Gasteiger partial charge in [0.15, 0.2) is 0 Å². The van der Waals surface area contributed by atoms with Crippen molar-refractivity contribution in [2.24, 2.45) is 17.3 Å². The molecule has 3 rings (SSSR count). The lowest BCUT2D eigenvalue weighted by atomic mass is 9.50. The van der Waals surface area contributed by atoms with E-state index in [4.69, 9.17) is 0 Å². The summed E-state index contributed by atoms with van der Waals surface area (Å²) in [5, 5.41) is 0. The molecule has 0 heterocycles. The average Bonchev–Trinajstić information content (AvgIpc) is 2.04. The Morgan fingerprint density at radius 1 is 1.64 bits per heavy atom. The third-order valence-electron chi connectivity index (χ3n) is 3.60. The third kappa shape index (κ3) is 0.800. The molecule has 1 heteroatoms. The zero-order valence-corrected chi connectivity index (χ0v) is 7.13. The number of aldehydes is 1. The van der Waals surface area contributed by atoms with Crippen LogP contribution in [0.15, 0.2) is 11.6 Å². The van der Waals surface area contributed by atoms with Crippen LogP contribution in [-0.2, 0) is 4.79 Å². The van der Waals surface area contributed by atoms with Crippen LogP contribution in [-0.4, -0.2) is 6.29 Å². The van der Waals surface area contributed by atoms with Crippen LogP contribution in [0.25, 0.3) is 0 Å². The Hall–Kier alpha value is -0.590. The molecule has 0 aromatic rings. The van der Waals surface area contributed by atoms with Crippen LogP contribution in [0.4, 0.5) is 0 Å². The van der Waals surface area contributed by atoms with E-state index in [0.29, 0.717) is 11.3 Å². The number of rotatable bonds is 1. The largest absolute Gasteiger partial charge is 0.298 e. The predicted octanol–water partition coefficient (Wildman–Crippen LogP) is 2.18. The summed E-state index contributed by atoms with van der Waals surface area (Å²) in [6, 6.07) is 0. The van der Waals surface area contributed by atoms with Crippen LogP contribution in [0, 0.1) is 17.3 Å². The molecular formula is C10H14O. The van der Waals surface area contributed by atoms with E-state index < -0.39 is 0 Å². The minimum Gasteiger partial charge on any atom is -0.298 e. The Labute approximate surface area is 67.5 Å². The summed E-state index contributed by atoms with van der Waals surface area (Å²) in [6.07, 6.45) is 5.53. The van der Waals surface area contributed by atoms with Crippen LogP contribution in [0.1, 0.15) is 26.7 Å². The highest BCUT2D eigenvalue weighted by molar-refractivity contribution is 5.74. The van der Waals surface area contributed by atoms with E-state index in [1.165, 1.54) is 6.42 Å². The first-order valence-electron chi connectivity index (χ1n) is 4.30. The van der Waals surface area contributed by atoms with Crippen molar-refractivity contribution in [3.63, 3.8) is 0 Å². The van der Waals surface area contributed by atoms with E-state index in [-0.39, 0.29) is 0 Å². The second-order valence-electron chi connectivity index (χ2n) is 4.42. The van der Waals surface area contributed by atoms with Gasteiger partial charge < -0.3 is 0 Å². The standard InChI is InChI=1S/C10H14O/c1-10(2)8-3-7(6-11)4-9(10)5-8/h3,6,8-9H,4-5H2,1-2H3/t8-,9+/m0/s1. The molecule has 0 radical (unpaired) electrons. The normalized spacial score (nSPS) is 38.9. The Morgan fingerprint density at radius 3 is 2.73 bits per heavy atom. The summed E-state index contributed by atoms with van der Waals surface area (Å²) in [7, 11) is 0. The number of hydrogen-bond donors (Lipinski definition) is 0. The number of hydrogen-bond acceptors (Lipinski definition) is 1. The van der Waals surface area contributed by atoms with Gasteiger partial charge in [-0.3, -0.25) is 4.79 Å². The molecule has 3 aliphatic rings. The Bertz CT molecular complexity index is 225. The van der Waals surface area contributed by atoms with Gasteiger partial charge in [0.1, 0.15) is 6.29 Å². The van der Waals surface area contributed by atoms with Gasteiger partial charge in [-0.25, -0.2) is 0 Å². The second-order valence-corrected chi connectivity index (χ2v) is 4.42. The average molecular weight is 150 g/mol. The van der Waals surface area contributed by atoms with E-state index >= 15 is 0 Å². The first-order chi connectivity index (χ1) is 5.14. The SMILES string of the molecule is CC1(C)[C@@H]2CC(C=O)=C[C@H]1C2. The van der Waals surface area contributed by atoms with Gasteiger partial charge in [0.05, 0.1) is 0 Å². The second kappa shape index (κ2) is 1.96. The minimum absolute atomic E-state index is 0.479.